The summed E-state index contributed by atoms with van der Waals surface area (Å²) in [6.07, 6.45) is 5.45. The molecule has 2 aromatic carbocycles. The van der Waals surface area contributed by atoms with Crippen molar-refractivity contribution >= 4 is 11.4 Å². The van der Waals surface area contributed by atoms with Crippen molar-refractivity contribution in [1.29, 1.82) is 0 Å². The Morgan fingerprint density at radius 2 is 1.76 bits per heavy atom. The van der Waals surface area contributed by atoms with Gasteiger partial charge in [0.1, 0.15) is 17.4 Å². The molecular weight excluding hydrogens is 366 g/mol. The lowest BCUT2D eigenvalue weighted by molar-refractivity contribution is 0.613. The van der Waals surface area contributed by atoms with E-state index in [1.165, 1.54) is 23.3 Å². The predicted molar refractivity (Wildman–Crippen MR) is 118 cm³/mol. The van der Waals surface area contributed by atoms with Crippen molar-refractivity contribution in [3.63, 3.8) is 0 Å². The highest BCUT2D eigenvalue weighted by Gasteiger charge is 2.15. The second kappa shape index (κ2) is 9.37. The third-order valence-corrected chi connectivity index (χ3v) is 4.81. The van der Waals surface area contributed by atoms with E-state index in [0.29, 0.717) is 24.4 Å². The summed E-state index contributed by atoms with van der Waals surface area (Å²) in [5.74, 6) is -1.22. The van der Waals surface area contributed by atoms with Gasteiger partial charge in [-0.3, -0.25) is 0 Å². The van der Waals surface area contributed by atoms with Gasteiger partial charge in [0.25, 0.3) is 0 Å². The maximum atomic E-state index is 14.3. The number of benzene rings is 2. The Kier molecular flexibility index (Phi) is 6.65. The molecule has 0 spiro atoms. The lowest BCUT2D eigenvalue weighted by Gasteiger charge is -2.17. The molecule has 150 valence electrons. The molecule has 0 atom stereocenters. The van der Waals surface area contributed by atoms with E-state index in [9.17, 15) is 8.78 Å². The molecule has 1 aliphatic carbocycles. The summed E-state index contributed by atoms with van der Waals surface area (Å²) in [4.78, 5) is 0. The summed E-state index contributed by atoms with van der Waals surface area (Å²) < 4.78 is 28.6. The van der Waals surface area contributed by atoms with Crippen molar-refractivity contribution in [3.8, 4) is 0 Å². The van der Waals surface area contributed by atoms with Crippen LogP contribution >= 0.6 is 0 Å². The summed E-state index contributed by atoms with van der Waals surface area (Å²) in [5, 5.41) is 6.26. The number of hydrogen-bond acceptors (Lipinski definition) is 2. The zero-order valence-corrected chi connectivity index (χ0v) is 16.9. The SMILES string of the molecule is C=C(NCCc1ccc(C)cc1)c1ccc(C)cc1NC1=C(F)C=CCC=C1F. The lowest BCUT2D eigenvalue weighted by Crippen LogP contribution is -2.16. The van der Waals surface area contributed by atoms with Crippen molar-refractivity contribution in [3.05, 3.63) is 107 Å². The minimum Gasteiger partial charge on any atom is -0.385 e. The standard InChI is InChI=1S/C25H26F2N2/c1-17-8-11-20(12-9-17)14-15-28-19(3)21-13-10-18(2)16-24(21)29-25-22(26)6-4-5-7-23(25)27/h4,6-13,16,28-29H,3,5,14-15H2,1-2H3. The Bertz CT molecular complexity index is 982. The van der Waals surface area contributed by atoms with Crippen LogP contribution in [-0.4, -0.2) is 6.54 Å². The topological polar surface area (TPSA) is 24.1 Å². The van der Waals surface area contributed by atoms with E-state index in [1.807, 2.05) is 25.1 Å². The maximum absolute atomic E-state index is 14.3. The summed E-state index contributed by atoms with van der Waals surface area (Å²) in [6.45, 7) is 8.84. The van der Waals surface area contributed by atoms with Crippen LogP contribution in [0.25, 0.3) is 5.70 Å². The highest BCUT2D eigenvalue weighted by atomic mass is 19.1. The molecule has 2 aromatic rings. The third-order valence-electron chi connectivity index (χ3n) is 4.81. The van der Waals surface area contributed by atoms with E-state index >= 15 is 0 Å². The molecule has 0 saturated heterocycles. The van der Waals surface area contributed by atoms with Gasteiger partial charge >= 0.3 is 0 Å². The fourth-order valence-corrected chi connectivity index (χ4v) is 3.13. The van der Waals surface area contributed by atoms with Crippen molar-refractivity contribution in [2.75, 3.05) is 11.9 Å². The number of aryl methyl sites for hydroxylation is 2. The summed E-state index contributed by atoms with van der Waals surface area (Å²) in [7, 11) is 0. The quantitative estimate of drug-likeness (QED) is 0.561. The largest absolute Gasteiger partial charge is 0.385 e. The molecule has 29 heavy (non-hydrogen) atoms. The number of nitrogens with one attached hydrogen (secondary N) is 2. The molecule has 3 rings (SSSR count). The molecule has 0 bridgehead atoms. The average Bonchev–Trinajstić information content (AvgIpc) is 2.85. The Hall–Kier alpha value is -3.14. The summed E-state index contributed by atoms with van der Waals surface area (Å²) >= 11 is 0. The first-order valence-electron chi connectivity index (χ1n) is 9.73. The van der Waals surface area contributed by atoms with Gasteiger partial charge in [0.05, 0.1) is 0 Å². The number of allylic oxidation sites excluding steroid dienone is 5. The zero-order valence-electron chi connectivity index (χ0n) is 16.9. The highest BCUT2D eigenvalue weighted by Crippen LogP contribution is 2.29. The minimum atomic E-state index is -0.623. The first-order chi connectivity index (χ1) is 13.9. The average molecular weight is 392 g/mol. The van der Waals surface area contributed by atoms with E-state index in [-0.39, 0.29) is 5.70 Å². The highest BCUT2D eigenvalue weighted by molar-refractivity contribution is 5.76. The van der Waals surface area contributed by atoms with Gasteiger partial charge in [-0.1, -0.05) is 54.6 Å². The molecule has 0 radical (unpaired) electrons. The first kappa shape index (κ1) is 20.6. The molecule has 1 aliphatic rings. The van der Waals surface area contributed by atoms with Gasteiger partial charge in [-0.15, -0.1) is 0 Å². The Balaban J connectivity index is 1.74. The van der Waals surface area contributed by atoms with Crippen molar-refractivity contribution in [2.45, 2.75) is 26.7 Å². The maximum Gasteiger partial charge on any atom is 0.149 e. The van der Waals surface area contributed by atoms with E-state index < -0.39 is 11.7 Å². The van der Waals surface area contributed by atoms with Gasteiger partial charge < -0.3 is 10.6 Å². The number of halogens is 2. The Labute approximate surface area is 171 Å². The second-order valence-electron chi connectivity index (χ2n) is 7.23. The van der Waals surface area contributed by atoms with Gasteiger partial charge in [-0.25, -0.2) is 8.78 Å². The van der Waals surface area contributed by atoms with Crippen LogP contribution in [0.2, 0.25) is 0 Å². The van der Waals surface area contributed by atoms with E-state index in [1.54, 1.807) is 6.08 Å². The molecule has 0 amide bonds. The molecule has 0 unspecified atom stereocenters. The number of rotatable bonds is 7. The summed E-state index contributed by atoms with van der Waals surface area (Å²) in [6, 6.07) is 14.1. The molecule has 0 aliphatic heterocycles. The normalized spacial score (nSPS) is 13.7. The van der Waals surface area contributed by atoms with Crippen LogP contribution in [0.1, 0.15) is 28.7 Å². The van der Waals surface area contributed by atoms with Crippen LogP contribution in [0.15, 0.2) is 84.6 Å². The van der Waals surface area contributed by atoms with Crippen LogP contribution in [0, 0.1) is 13.8 Å². The molecule has 4 heteroatoms. The van der Waals surface area contributed by atoms with Crippen molar-refractivity contribution in [1.82, 2.24) is 5.32 Å². The van der Waals surface area contributed by atoms with Gasteiger partial charge in [-0.05, 0) is 56.0 Å². The van der Waals surface area contributed by atoms with Crippen LogP contribution in [0.4, 0.5) is 14.5 Å². The van der Waals surface area contributed by atoms with Crippen molar-refractivity contribution < 1.29 is 8.78 Å². The Morgan fingerprint density at radius 1 is 1.03 bits per heavy atom. The molecule has 0 heterocycles. The predicted octanol–water partition coefficient (Wildman–Crippen LogP) is 6.51. The molecule has 0 aromatic heterocycles. The van der Waals surface area contributed by atoms with Crippen LogP contribution in [0.5, 0.6) is 0 Å². The monoisotopic (exact) mass is 392 g/mol. The van der Waals surface area contributed by atoms with Gasteiger partial charge in [0.15, 0.2) is 0 Å². The molecular formula is C25H26F2N2. The van der Waals surface area contributed by atoms with Crippen LogP contribution in [0.3, 0.4) is 0 Å². The van der Waals surface area contributed by atoms with Gasteiger partial charge in [0, 0.05) is 23.5 Å². The zero-order chi connectivity index (χ0) is 20.8. The van der Waals surface area contributed by atoms with Crippen LogP contribution < -0.4 is 10.6 Å². The second-order valence-corrected chi connectivity index (χ2v) is 7.23. The first-order valence-corrected chi connectivity index (χ1v) is 9.73. The number of anilines is 1. The Morgan fingerprint density at radius 3 is 2.52 bits per heavy atom. The van der Waals surface area contributed by atoms with Gasteiger partial charge in [0.2, 0.25) is 0 Å². The summed E-state index contributed by atoms with van der Waals surface area (Å²) in [5.41, 5.74) is 5.40. The third kappa shape index (κ3) is 5.44. The molecule has 0 fully saturated rings. The lowest BCUT2D eigenvalue weighted by atomic mass is 10.1. The molecule has 2 N–H and O–H groups in total. The van der Waals surface area contributed by atoms with Crippen LogP contribution in [-0.2, 0) is 6.42 Å². The molecule has 2 nitrogen and oxygen atoms in total. The van der Waals surface area contributed by atoms with E-state index in [0.717, 1.165) is 17.5 Å². The fourth-order valence-electron chi connectivity index (χ4n) is 3.13. The molecule has 0 saturated carbocycles. The minimum absolute atomic E-state index is 0.155. The van der Waals surface area contributed by atoms with E-state index in [4.69, 9.17) is 0 Å². The van der Waals surface area contributed by atoms with Crippen molar-refractivity contribution in [2.24, 2.45) is 0 Å². The fraction of sp³-hybridized carbons (Fsp3) is 0.200. The smallest absolute Gasteiger partial charge is 0.149 e. The number of hydrogen-bond donors (Lipinski definition) is 2. The van der Waals surface area contributed by atoms with E-state index in [2.05, 4.69) is 48.4 Å². The van der Waals surface area contributed by atoms with Gasteiger partial charge in [-0.2, -0.15) is 0 Å².